The van der Waals surface area contributed by atoms with Crippen LogP contribution in [0.3, 0.4) is 0 Å². The zero-order chi connectivity index (χ0) is 17.7. The van der Waals surface area contributed by atoms with Crippen molar-refractivity contribution in [3.63, 3.8) is 0 Å². The lowest BCUT2D eigenvalue weighted by Crippen LogP contribution is -2.27. The lowest BCUT2D eigenvalue weighted by molar-refractivity contribution is -0.129. The van der Waals surface area contributed by atoms with Crippen molar-refractivity contribution >= 4 is 5.91 Å². The van der Waals surface area contributed by atoms with E-state index < -0.39 is 0 Å². The standard InChI is InChI=1S/C20H25NO3/c1-14-6-7-16(10-15(14)2)12-20(22)21(3)13-17-8-9-18(23-4)19(11-17)24-5/h6-11H,12-13H2,1-5H3. The van der Waals surface area contributed by atoms with E-state index >= 15 is 0 Å². The van der Waals surface area contributed by atoms with Crippen molar-refractivity contribution < 1.29 is 14.3 Å². The third-order valence-corrected chi connectivity index (χ3v) is 4.22. The molecule has 4 heteroatoms. The van der Waals surface area contributed by atoms with E-state index in [0.29, 0.717) is 24.5 Å². The highest BCUT2D eigenvalue weighted by atomic mass is 16.5. The first kappa shape index (κ1) is 17.9. The molecule has 24 heavy (non-hydrogen) atoms. The Morgan fingerprint density at radius 3 is 2.21 bits per heavy atom. The highest BCUT2D eigenvalue weighted by Crippen LogP contribution is 2.28. The van der Waals surface area contributed by atoms with Gasteiger partial charge in [-0.2, -0.15) is 0 Å². The van der Waals surface area contributed by atoms with Gasteiger partial charge in [-0.3, -0.25) is 4.79 Å². The van der Waals surface area contributed by atoms with Gasteiger partial charge in [0.2, 0.25) is 5.91 Å². The Morgan fingerprint density at radius 1 is 0.917 bits per heavy atom. The molecule has 0 aliphatic carbocycles. The summed E-state index contributed by atoms with van der Waals surface area (Å²) in [6, 6.07) is 11.9. The molecular formula is C20H25NO3. The molecule has 1 amide bonds. The van der Waals surface area contributed by atoms with Crippen LogP contribution in [0, 0.1) is 13.8 Å². The molecule has 2 aromatic rings. The van der Waals surface area contributed by atoms with Crippen molar-refractivity contribution in [1.29, 1.82) is 0 Å². The molecular weight excluding hydrogens is 302 g/mol. The van der Waals surface area contributed by atoms with E-state index in [2.05, 4.69) is 26.0 Å². The summed E-state index contributed by atoms with van der Waals surface area (Å²) in [5.74, 6) is 1.45. The Hall–Kier alpha value is -2.49. The van der Waals surface area contributed by atoms with Gasteiger partial charge in [0.05, 0.1) is 20.6 Å². The fraction of sp³-hybridized carbons (Fsp3) is 0.350. The first-order valence-corrected chi connectivity index (χ1v) is 7.95. The number of rotatable bonds is 6. The highest BCUT2D eigenvalue weighted by molar-refractivity contribution is 5.78. The summed E-state index contributed by atoms with van der Waals surface area (Å²) in [7, 11) is 5.03. The smallest absolute Gasteiger partial charge is 0.227 e. The van der Waals surface area contributed by atoms with Crippen molar-refractivity contribution in [1.82, 2.24) is 4.90 Å². The summed E-state index contributed by atoms with van der Waals surface area (Å²) in [5, 5.41) is 0. The van der Waals surface area contributed by atoms with Crippen molar-refractivity contribution in [3.05, 3.63) is 58.7 Å². The molecule has 0 saturated heterocycles. The maximum absolute atomic E-state index is 12.5. The Balaban J connectivity index is 2.04. The van der Waals surface area contributed by atoms with Crippen LogP contribution in [0.25, 0.3) is 0 Å². The van der Waals surface area contributed by atoms with E-state index in [-0.39, 0.29) is 5.91 Å². The highest BCUT2D eigenvalue weighted by Gasteiger charge is 2.12. The zero-order valence-corrected chi connectivity index (χ0v) is 15.1. The molecule has 0 N–H and O–H groups in total. The Kier molecular flexibility index (Phi) is 5.85. The van der Waals surface area contributed by atoms with E-state index in [1.54, 1.807) is 19.1 Å². The lowest BCUT2D eigenvalue weighted by Gasteiger charge is -2.18. The molecule has 0 bridgehead atoms. The first-order valence-electron chi connectivity index (χ1n) is 7.95. The second kappa shape index (κ2) is 7.86. The molecule has 0 atom stereocenters. The molecule has 0 aliphatic rings. The van der Waals surface area contributed by atoms with Gasteiger partial charge in [0.25, 0.3) is 0 Å². The van der Waals surface area contributed by atoms with Gasteiger partial charge >= 0.3 is 0 Å². The number of ether oxygens (including phenoxy) is 2. The van der Waals surface area contributed by atoms with Gasteiger partial charge in [-0.25, -0.2) is 0 Å². The molecule has 128 valence electrons. The van der Waals surface area contributed by atoms with E-state index in [1.807, 2.05) is 31.3 Å². The number of methoxy groups -OCH3 is 2. The van der Waals surface area contributed by atoms with Gasteiger partial charge in [-0.05, 0) is 48.2 Å². The zero-order valence-electron chi connectivity index (χ0n) is 15.1. The quantitative estimate of drug-likeness (QED) is 0.815. The van der Waals surface area contributed by atoms with E-state index in [1.165, 1.54) is 11.1 Å². The Morgan fingerprint density at radius 2 is 1.58 bits per heavy atom. The average Bonchev–Trinajstić information content (AvgIpc) is 2.57. The number of carbonyl (C=O) groups excluding carboxylic acids is 1. The van der Waals surface area contributed by atoms with E-state index in [9.17, 15) is 4.79 Å². The third kappa shape index (κ3) is 4.28. The number of nitrogens with zero attached hydrogens (tertiary/aromatic N) is 1. The van der Waals surface area contributed by atoms with E-state index in [0.717, 1.165) is 11.1 Å². The molecule has 2 rings (SSSR count). The summed E-state index contributed by atoms with van der Waals surface area (Å²) < 4.78 is 10.5. The average molecular weight is 327 g/mol. The molecule has 0 fully saturated rings. The predicted octanol–water partition coefficient (Wildman–Crippen LogP) is 3.52. The minimum atomic E-state index is 0.0908. The van der Waals surface area contributed by atoms with Gasteiger partial charge in [-0.15, -0.1) is 0 Å². The van der Waals surface area contributed by atoms with Crippen LogP contribution < -0.4 is 9.47 Å². The SMILES string of the molecule is COc1ccc(CN(C)C(=O)Cc2ccc(C)c(C)c2)cc1OC. The van der Waals surface area contributed by atoms with Gasteiger partial charge in [-0.1, -0.05) is 24.3 Å². The number of amides is 1. The minimum absolute atomic E-state index is 0.0908. The molecule has 0 heterocycles. The van der Waals surface area contributed by atoms with Crippen LogP contribution >= 0.6 is 0 Å². The fourth-order valence-electron chi connectivity index (χ4n) is 2.56. The van der Waals surface area contributed by atoms with Gasteiger partial charge in [0, 0.05) is 13.6 Å². The second-order valence-electron chi connectivity index (χ2n) is 6.03. The number of carbonyl (C=O) groups is 1. The summed E-state index contributed by atoms with van der Waals surface area (Å²) in [4.78, 5) is 14.2. The molecule has 0 unspecified atom stereocenters. The number of hydrogen-bond donors (Lipinski definition) is 0. The van der Waals surface area contributed by atoms with Crippen LogP contribution in [0.5, 0.6) is 11.5 Å². The monoisotopic (exact) mass is 327 g/mol. The van der Waals surface area contributed by atoms with Gasteiger partial charge < -0.3 is 14.4 Å². The first-order chi connectivity index (χ1) is 11.4. The van der Waals surface area contributed by atoms with Crippen molar-refractivity contribution in [2.45, 2.75) is 26.8 Å². The maximum Gasteiger partial charge on any atom is 0.227 e. The van der Waals surface area contributed by atoms with Crippen molar-refractivity contribution in [2.75, 3.05) is 21.3 Å². The van der Waals surface area contributed by atoms with Crippen molar-refractivity contribution in [3.8, 4) is 11.5 Å². The molecule has 0 aliphatic heterocycles. The topological polar surface area (TPSA) is 38.8 Å². The van der Waals surface area contributed by atoms with Crippen molar-refractivity contribution in [2.24, 2.45) is 0 Å². The molecule has 0 spiro atoms. The van der Waals surface area contributed by atoms with Crippen LogP contribution in [0.15, 0.2) is 36.4 Å². The number of hydrogen-bond acceptors (Lipinski definition) is 3. The lowest BCUT2D eigenvalue weighted by atomic mass is 10.0. The number of likely N-dealkylation sites (N-methyl/N-ethyl adjacent to an activating group) is 1. The van der Waals surface area contributed by atoms with Crippen LogP contribution in [0.2, 0.25) is 0 Å². The fourth-order valence-corrected chi connectivity index (χ4v) is 2.56. The minimum Gasteiger partial charge on any atom is -0.493 e. The number of aryl methyl sites for hydroxylation is 2. The summed E-state index contributed by atoms with van der Waals surface area (Å²) in [6.07, 6.45) is 0.408. The maximum atomic E-state index is 12.5. The van der Waals surface area contributed by atoms with E-state index in [4.69, 9.17) is 9.47 Å². The molecule has 4 nitrogen and oxygen atoms in total. The largest absolute Gasteiger partial charge is 0.493 e. The summed E-state index contributed by atoms with van der Waals surface area (Å²) >= 11 is 0. The molecule has 2 aromatic carbocycles. The number of benzene rings is 2. The second-order valence-corrected chi connectivity index (χ2v) is 6.03. The third-order valence-electron chi connectivity index (χ3n) is 4.22. The summed E-state index contributed by atoms with van der Waals surface area (Å²) in [6.45, 7) is 4.67. The normalized spacial score (nSPS) is 10.4. The Bertz CT molecular complexity index is 725. The van der Waals surface area contributed by atoms with Gasteiger partial charge in [0.1, 0.15) is 0 Å². The van der Waals surface area contributed by atoms with Crippen LogP contribution in [-0.4, -0.2) is 32.1 Å². The summed E-state index contributed by atoms with van der Waals surface area (Å²) in [5.41, 5.74) is 4.50. The molecule has 0 aromatic heterocycles. The van der Waals surface area contributed by atoms with Crippen LogP contribution in [0.1, 0.15) is 22.3 Å². The van der Waals surface area contributed by atoms with Crippen LogP contribution in [0.4, 0.5) is 0 Å². The Labute approximate surface area is 144 Å². The van der Waals surface area contributed by atoms with Crippen LogP contribution in [-0.2, 0) is 17.8 Å². The molecule has 0 saturated carbocycles. The molecule has 0 radical (unpaired) electrons. The van der Waals surface area contributed by atoms with Gasteiger partial charge in [0.15, 0.2) is 11.5 Å². The predicted molar refractivity (Wildman–Crippen MR) is 95.6 cm³/mol.